The molecule has 2 heterocycles. The smallest absolute Gasteiger partial charge is 0.369 e. The summed E-state index contributed by atoms with van der Waals surface area (Å²) in [6.07, 6.45) is 0.487. The first-order chi connectivity index (χ1) is 11.2. The number of ether oxygens (including phenoxy) is 2. The number of aromatic nitrogens is 1. The zero-order chi connectivity index (χ0) is 17.7. The van der Waals surface area contributed by atoms with E-state index >= 15 is 0 Å². The summed E-state index contributed by atoms with van der Waals surface area (Å²) < 4.78 is 18.2. The van der Waals surface area contributed by atoms with Gasteiger partial charge in [0, 0.05) is 32.6 Å². The third-order valence-electron chi connectivity index (χ3n) is 4.19. The molecule has 1 unspecified atom stereocenters. The van der Waals surface area contributed by atoms with Crippen LogP contribution in [0, 0.1) is 10.1 Å². The van der Waals surface area contributed by atoms with Crippen LogP contribution in [-0.2, 0) is 10.3 Å². The lowest BCUT2D eigenvalue weighted by Crippen LogP contribution is -2.48. The maximum absolute atomic E-state index is 12.4. The van der Waals surface area contributed by atoms with E-state index in [4.69, 9.17) is 14.0 Å². The molecule has 1 atom stereocenters. The molecule has 8 nitrogen and oxygen atoms in total. The van der Waals surface area contributed by atoms with Crippen molar-refractivity contribution in [3.8, 4) is 17.0 Å². The van der Waals surface area contributed by atoms with Crippen molar-refractivity contribution in [1.29, 1.82) is 0 Å². The fourth-order valence-electron chi connectivity index (χ4n) is 3.05. The van der Waals surface area contributed by atoms with Crippen LogP contribution in [0.4, 0.5) is 5.69 Å². The van der Waals surface area contributed by atoms with E-state index in [1.807, 2.05) is 13.8 Å². The summed E-state index contributed by atoms with van der Waals surface area (Å²) in [6.45, 7) is 5.62. The molecule has 24 heavy (non-hydrogen) atoms. The third kappa shape index (κ3) is 2.48. The first-order valence-electron chi connectivity index (χ1n) is 7.43. The van der Waals surface area contributed by atoms with Crippen molar-refractivity contribution in [3.63, 3.8) is 0 Å². The Kier molecular flexibility index (Phi) is 3.52. The molecule has 0 spiro atoms. The van der Waals surface area contributed by atoms with Crippen molar-refractivity contribution in [3.05, 3.63) is 44.8 Å². The fraction of sp³-hybridized carbons (Fsp3) is 0.438. The molecule has 1 aliphatic heterocycles. The van der Waals surface area contributed by atoms with Crippen molar-refractivity contribution in [1.82, 2.24) is 4.74 Å². The van der Waals surface area contributed by atoms with Gasteiger partial charge in [-0.05, 0) is 31.5 Å². The number of rotatable bonds is 3. The molecule has 2 aromatic rings. The Morgan fingerprint density at radius 1 is 1.25 bits per heavy atom. The molecule has 0 N–H and O–H groups in total. The Bertz CT molecular complexity index is 848. The number of fused-ring (bicyclic) bond motifs is 1. The molecular formula is C16H18N2O6. The summed E-state index contributed by atoms with van der Waals surface area (Å²) in [5, 5.41) is 10.8. The van der Waals surface area contributed by atoms with Crippen molar-refractivity contribution in [2.75, 3.05) is 7.11 Å². The highest BCUT2D eigenvalue weighted by molar-refractivity contribution is 5.69. The van der Waals surface area contributed by atoms with E-state index in [1.54, 1.807) is 6.92 Å². The average Bonchev–Trinajstić information content (AvgIpc) is 2.83. The SMILES string of the molecule is COC1(C)CC(C)(C)n2oc(=O)c(-c3ccc([N+](=O)[O-])cc3)c2O1. The van der Waals surface area contributed by atoms with E-state index in [9.17, 15) is 14.9 Å². The van der Waals surface area contributed by atoms with E-state index in [0.29, 0.717) is 12.0 Å². The minimum Gasteiger partial charge on any atom is -0.444 e. The second kappa shape index (κ2) is 5.20. The molecule has 0 bridgehead atoms. The topological polar surface area (TPSA) is 96.7 Å². The monoisotopic (exact) mass is 334 g/mol. The number of nitrogens with zero attached hydrogens (tertiary/aromatic N) is 2. The van der Waals surface area contributed by atoms with Crippen LogP contribution in [-0.4, -0.2) is 22.6 Å². The standard InChI is InChI=1S/C16H18N2O6/c1-15(2)9-16(3,22-4)23-13-12(14(19)24-17(13)15)10-5-7-11(8-6-10)18(20)21/h5-8H,9H2,1-4H3. The molecule has 0 amide bonds. The second-order valence-electron chi connectivity index (χ2n) is 6.59. The zero-order valence-electron chi connectivity index (χ0n) is 13.9. The van der Waals surface area contributed by atoms with Crippen molar-refractivity contribution < 1.29 is 18.9 Å². The highest BCUT2D eigenvalue weighted by Crippen LogP contribution is 2.43. The van der Waals surface area contributed by atoms with E-state index in [2.05, 4.69) is 0 Å². The minimum absolute atomic E-state index is 0.0563. The molecule has 3 rings (SSSR count). The molecule has 0 fully saturated rings. The van der Waals surface area contributed by atoms with Gasteiger partial charge in [-0.1, -0.05) is 0 Å². The molecule has 128 valence electrons. The lowest BCUT2D eigenvalue weighted by Gasteiger charge is -2.41. The van der Waals surface area contributed by atoms with Crippen LogP contribution in [0.1, 0.15) is 27.2 Å². The van der Waals surface area contributed by atoms with Gasteiger partial charge in [0.1, 0.15) is 5.56 Å². The van der Waals surface area contributed by atoms with Crippen LogP contribution in [0.15, 0.2) is 33.6 Å². The van der Waals surface area contributed by atoms with E-state index in [1.165, 1.54) is 36.1 Å². The van der Waals surface area contributed by atoms with Crippen LogP contribution >= 0.6 is 0 Å². The summed E-state index contributed by atoms with van der Waals surface area (Å²) >= 11 is 0. The van der Waals surface area contributed by atoms with Gasteiger partial charge in [0.05, 0.1) is 10.5 Å². The number of nitro groups is 1. The summed E-state index contributed by atoms with van der Waals surface area (Å²) in [6, 6.07) is 5.67. The van der Waals surface area contributed by atoms with Gasteiger partial charge in [0.2, 0.25) is 11.7 Å². The van der Waals surface area contributed by atoms with Crippen molar-refractivity contribution >= 4 is 5.69 Å². The van der Waals surface area contributed by atoms with Gasteiger partial charge in [-0.25, -0.2) is 4.79 Å². The zero-order valence-corrected chi connectivity index (χ0v) is 13.9. The Morgan fingerprint density at radius 3 is 2.42 bits per heavy atom. The minimum atomic E-state index is -0.907. The number of methoxy groups -OCH3 is 1. The van der Waals surface area contributed by atoms with Gasteiger partial charge < -0.3 is 14.0 Å². The Labute approximate surface area is 137 Å². The van der Waals surface area contributed by atoms with Crippen LogP contribution in [0.2, 0.25) is 0 Å². The third-order valence-corrected chi connectivity index (χ3v) is 4.19. The van der Waals surface area contributed by atoms with E-state index in [-0.39, 0.29) is 17.1 Å². The predicted octanol–water partition coefficient (Wildman–Crippen LogP) is 2.90. The molecule has 0 radical (unpaired) electrons. The molecule has 1 aromatic carbocycles. The Balaban J connectivity index is 2.16. The van der Waals surface area contributed by atoms with Crippen molar-refractivity contribution in [2.24, 2.45) is 0 Å². The molecule has 1 aliphatic rings. The molecule has 0 saturated heterocycles. The van der Waals surface area contributed by atoms with Gasteiger partial charge in [0.25, 0.3) is 5.69 Å². The summed E-state index contributed by atoms with van der Waals surface area (Å²) in [4.78, 5) is 22.7. The molecule has 8 heteroatoms. The quantitative estimate of drug-likeness (QED) is 0.632. The maximum atomic E-state index is 12.4. The van der Waals surface area contributed by atoms with Gasteiger partial charge in [0.15, 0.2) is 0 Å². The molecule has 1 aromatic heterocycles. The van der Waals surface area contributed by atoms with Crippen molar-refractivity contribution in [2.45, 2.75) is 38.5 Å². The lowest BCUT2D eigenvalue weighted by atomic mass is 9.93. The van der Waals surface area contributed by atoms with Gasteiger partial charge in [-0.15, -0.1) is 0 Å². The van der Waals surface area contributed by atoms with E-state index in [0.717, 1.165) is 0 Å². The number of hydrogen-bond donors (Lipinski definition) is 0. The fourth-order valence-corrected chi connectivity index (χ4v) is 3.05. The maximum Gasteiger partial charge on any atom is 0.369 e. The Hall–Kier alpha value is -2.61. The van der Waals surface area contributed by atoms with Crippen LogP contribution < -0.4 is 10.4 Å². The number of hydrogen-bond acceptors (Lipinski definition) is 6. The van der Waals surface area contributed by atoms with Gasteiger partial charge in [-0.2, -0.15) is 4.74 Å². The normalized spacial score (nSPS) is 21.8. The lowest BCUT2D eigenvalue weighted by molar-refractivity contribution is -0.384. The number of nitro benzene ring substituents is 1. The first kappa shape index (κ1) is 16.3. The largest absolute Gasteiger partial charge is 0.444 e. The summed E-state index contributed by atoms with van der Waals surface area (Å²) in [5.74, 6) is -0.649. The predicted molar refractivity (Wildman–Crippen MR) is 85.0 cm³/mol. The van der Waals surface area contributed by atoms with Gasteiger partial charge in [-0.3, -0.25) is 10.1 Å². The average molecular weight is 334 g/mol. The number of benzene rings is 1. The second-order valence-corrected chi connectivity index (χ2v) is 6.59. The van der Waals surface area contributed by atoms with Crippen LogP contribution in [0.3, 0.4) is 0 Å². The van der Waals surface area contributed by atoms with Gasteiger partial charge >= 0.3 is 5.63 Å². The molecule has 0 aliphatic carbocycles. The highest BCUT2D eigenvalue weighted by Gasteiger charge is 2.45. The molecule has 0 saturated carbocycles. The molecular weight excluding hydrogens is 316 g/mol. The first-order valence-corrected chi connectivity index (χ1v) is 7.43. The van der Waals surface area contributed by atoms with Crippen LogP contribution in [0.25, 0.3) is 11.1 Å². The number of non-ortho nitro benzene ring substituents is 1. The summed E-state index contributed by atoms with van der Waals surface area (Å²) in [5.41, 5.74) is -0.442. The summed E-state index contributed by atoms with van der Waals surface area (Å²) in [7, 11) is 1.54. The van der Waals surface area contributed by atoms with E-state index < -0.39 is 21.9 Å². The Morgan fingerprint density at radius 2 is 1.88 bits per heavy atom. The van der Waals surface area contributed by atoms with Crippen LogP contribution in [0.5, 0.6) is 5.88 Å². The highest BCUT2D eigenvalue weighted by atomic mass is 16.7.